The van der Waals surface area contributed by atoms with Crippen LogP contribution in [0.15, 0.2) is 5.38 Å². The van der Waals surface area contributed by atoms with E-state index in [0.29, 0.717) is 12.6 Å². The molecule has 0 bridgehead atoms. The molecule has 2 fully saturated rings. The smallest absolute Gasteiger partial charge is 0.318 e. The van der Waals surface area contributed by atoms with Gasteiger partial charge in [-0.25, -0.2) is 9.78 Å². The summed E-state index contributed by atoms with van der Waals surface area (Å²) in [4.78, 5) is 21.7. The lowest BCUT2D eigenvalue weighted by Crippen LogP contribution is -2.53. The van der Waals surface area contributed by atoms with Gasteiger partial charge in [-0.15, -0.1) is 11.3 Å². The second kappa shape index (κ2) is 9.75. The van der Waals surface area contributed by atoms with Gasteiger partial charge in [0.25, 0.3) is 0 Å². The first-order chi connectivity index (χ1) is 12.3. The van der Waals surface area contributed by atoms with E-state index in [-0.39, 0.29) is 6.03 Å². The minimum atomic E-state index is 0.0531. The molecule has 25 heavy (non-hydrogen) atoms. The molecule has 2 aliphatic heterocycles. The van der Waals surface area contributed by atoms with Crippen molar-refractivity contribution in [3.63, 3.8) is 0 Å². The number of ether oxygens (including phenoxy) is 1. The van der Waals surface area contributed by atoms with Gasteiger partial charge >= 0.3 is 6.03 Å². The lowest BCUT2D eigenvalue weighted by molar-refractivity contribution is 0.0221. The van der Waals surface area contributed by atoms with E-state index in [0.717, 1.165) is 68.7 Å². The van der Waals surface area contributed by atoms with Crippen molar-refractivity contribution in [3.8, 4) is 0 Å². The number of hydrogen-bond acceptors (Lipinski definition) is 6. The minimum Gasteiger partial charge on any atom is -0.379 e. The Morgan fingerprint density at radius 1 is 1.40 bits per heavy atom. The monoisotopic (exact) mass is 384 g/mol. The highest BCUT2D eigenvalue weighted by molar-refractivity contribution is 7.97. The molecule has 140 valence electrons. The first-order valence-electron chi connectivity index (χ1n) is 9.03. The molecule has 0 radical (unpaired) electrons. The van der Waals surface area contributed by atoms with E-state index in [2.05, 4.69) is 21.5 Å². The van der Waals surface area contributed by atoms with Crippen molar-refractivity contribution in [2.24, 2.45) is 0 Å². The van der Waals surface area contributed by atoms with Crippen LogP contribution in [0.1, 0.15) is 30.0 Å². The number of hydrogen-bond donors (Lipinski definition) is 1. The van der Waals surface area contributed by atoms with Crippen molar-refractivity contribution in [2.75, 3.05) is 45.6 Å². The highest BCUT2D eigenvalue weighted by Crippen LogP contribution is 2.19. The largest absolute Gasteiger partial charge is 0.379 e. The number of thioether (sulfide) groups is 1. The lowest BCUT2D eigenvalue weighted by atomic mass is 10.0. The van der Waals surface area contributed by atoms with Gasteiger partial charge in [-0.05, 0) is 25.5 Å². The predicted octanol–water partition coefficient (Wildman–Crippen LogP) is 2.40. The van der Waals surface area contributed by atoms with E-state index in [1.807, 2.05) is 10.3 Å². The maximum atomic E-state index is 12.7. The molecule has 1 aromatic heterocycles. The molecular formula is C17H28N4O2S2. The zero-order chi connectivity index (χ0) is 17.5. The van der Waals surface area contributed by atoms with Gasteiger partial charge in [-0.2, -0.15) is 11.8 Å². The number of morpholine rings is 1. The third-order valence-electron chi connectivity index (χ3n) is 4.75. The fourth-order valence-corrected chi connectivity index (χ4v) is 4.94. The van der Waals surface area contributed by atoms with E-state index in [1.54, 1.807) is 23.1 Å². The van der Waals surface area contributed by atoms with Crippen molar-refractivity contribution in [1.82, 2.24) is 20.1 Å². The van der Waals surface area contributed by atoms with Crippen LogP contribution in [0, 0.1) is 0 Å². The quantitative estimate of drug-likeness (QED) is 0.816. The molecule has 1 atom stereocenters. The Kier molecular flexibility index (Phi) is 7.39. The van der Waals surface area contributed by atoms with E-state index in [4.69, 9.17) is 4.74 Å². The Balaban J connectivity index is 1.50. The Bertz CT molecular complexity index is 549. The molecule has 0 aliphatic carbocycles. The molecule has 2 aliphatic rings. The average molecular weight is 385 g/mol. The van der Waals surface area contributed by atoms with Crippen LogP contribution in [-0.4, -0.2) is 72.5 Å². The molecule has 1 aromatic rings. The standard InChI is InChI=1S/C17H28N4O2S2/c1-24-13-16-19-14(12-25-16)10-18-17(22)21-5-3-2-4-15(21)11-20-6-8-23-9-7-20/h12,15H,2-11,13H2,1H3,(H,18,22). The zero-order valence-corrected chi connectivity index (χ0v) is 16.5. The van der Waals surface area contributed by atoms with Crippen LogP contribution in [-0.2, 0) is 17.0 Å². The maximum Gasteiger partial charge on any atom is 0.318 e. The first-order valence-corrected chi connectivity index (χ1v) is 11.3. The number of amides is 2. The molecule has 0 spiro atoms. The van der Waals surface area contributed by atoms with Gasteiger partial charge in [0, 0.05) is 43.4 Å². The minimum absolute atomic E-state index is 0.0531. The van der Waals surface area contributed by atoms with Gasteiger partial charge in [-0.1, -0.05) is 0 Å². The predicted molar refractivity (Wildman–Crippen MR) is 103 cm³/mol. The molecule has 1 unspecified atom stereocenters. The summed E-state index contributed by atoms with van der Waals surface area (Å²) in [6.07, 6.45) is 5.48. The summed E-state index contributed by atoms with van der Waals surface area (Å²) >= 11 is 3.44. The summed E-state index contributed by atoms with van der Waals surface area (Å²) in [7, 11) is 0. The Morgan fingerprint density at radius 2 is 2.24 bits per heavy atom. The summed E-state index contributed by atoms with van der Waals surface area (Å²) in [6, 6.07) is 0.367. The van der Waals surface area contributed by atoms with Crippen LogP contribution < -0.4 is 5.32 Å². The van der Waals surface area contributed by atoms with Crippen LogP contribution >= 0.6 is 23.1 Å². The van der Waals surface area contributed by atoms with Gasteiger partial charge < -0.3 is 15.0 Å². The van der Waals surface area contributed by atoms with Crippen molar-refractivity contribution >= 4 is 29.1 Å². The van der Waals surface area contributed by atoms with Crippen molar-refractivity contribution in [3.05, 3.63) is 16.1 Å². The summed E-state index contributed by atoms with van der Waals surface area (Å²) < 4.78 is 5.43. The number of carbonyl (C=O) groups is 1. The maximum absolute atomic E-state index is 12.7. The van der Waals surface area contributed by atoms with Gasteiger partial charge in [0.2, 0.25) is 0 Å². The molecular weight excluding hydrogens is 356 g/mol. The van der Waals surface area contributed by atoms with Crippen molar-refractivity contribution in [2.45, 2.75) is 37.6 Å². The summed E-state index contributed by atoms with van der Waals surface area (Å²) in [5.41, 5.74) is 0.962. The topological polar surface area (TPSA) is 57.7 Å². The highest BCUT2D eigenvalue weighted by Gasteiger charge is 2.28. The second-order valence-corrected chi connectivity index (χ2v) is 8.39. The summed E-state index contributed by atoms with van der Waals surface area (Å²) in [5, 5.41) is 6.25. The fourth-order valence-electron chi connectivity index (χ4n) is 3.43. The van der Waals surface area contributed by atoms with Crippen LogP contribution in [0.4, 0.5) is 4.79 Å². The van der Waals surface area contributed by atoms with Crippen LogP contribution in [0.5, 0.6) is 0 Å². The molecule has 6 nitrogen and oxygen atoms in total. The number of piperidine rings is 1. The third-order valence-corrected chi connectivity index (χ3v) is 6.39. The van der Waals surface area contributed by atoms with Crippen LogP contribution in [0.2, 0.25) is 0 Å². The van der Waals surface area contributed by atoms with Gasteiger partial charge in [0.1, 0.15) is 5.01 Å². The summed E-state index contributed by atoms with van der Waals surface area (Å²) in [6.45, 7) is 5.90. The number of thiazole rings is 1. The second-order valence-electron chi connectivity index (χ2n) is 6.58. The van der Waals surface area contributed by atoms with E-state index >= 15 is 0 Å². The van der Waals surface area contributed by atoms with Crippen molar-refractivity contribution in [1.29, 1.82) is 0 Å². The first kappa shape index (κ1) is 18.9. The third kappa shape index (κ3) is 5.57. The highest BCUT2D eigenvalue weighted by atomic mass is 32.2. The molecule has 1 N–H and O–H groups in total. The zero-order valence-electron chi connectivity index (χ0n) is 14.9. The lowest BCUT2D eigenvalue weighted by Gasteiger charge is -2.39. The number of urea groups is 1. The SMILES string of the molecule is CSCc1nc(CNC(=O)N2CCCCC2CN2CCOCC2)cs1. The summed E-state index contributed by atoms with van der Waals surface area (Å²) in [5.74, 6) is 0.937. The Morgan fingerprint density at radius 3 is 3.04 bits per heavy atom. The van der Waals surface area contributed by atoms with Crippen LogP contribution in [0.25, 0.3) is 0 Å². The number of carbonyl (C=O) groups excluding carboxylic acids is 1. The van der Waals surface area contributed by atoms with E-state index in [9.17, 15) is 4.79 Å². The Hall–Kier alpha value is -0.830. The average Bonchev–Trinajstić information content (AvgIpc) is 3.09. The van der Waals surface area contributed by atoms with E-state index < -0.39 is 0 Å². The van der Waals surface area contributed by atoms with Crippen molar-refractivity contribution < 1.29 is 9.53 Å². The van der Waals surface area contributed by atoms with Crippen LogP contribution in [0.3, 0.4) is 0 Å². The molecule has 2 amide bonds. The molecule has 3 heterocycles. The van der Waals surface area contributed by atoms with Gasteiger partial charge in [0.15, 0.2) is 0 Å². The van der Waals surface area contributed by atoms with Gasteiger partial charge in [0.05, 0.1) is 25.5 Å². The fraction of sp³-hybridized carbons (Fsp3) is 0.765. The number of aromatic nitrogens is 1. The Labute approximate surface area is 158 Å². The normalized spacial score (nSPS) is 22.1. The molecule has 3 rings (SSSR count). The molecule has 2 saturated heterocycles. The number of nitrogens with zero attached hydrogens (tertiary/aromatic N) is 3. The van der Waals surface area contributed by atoms with Gasteiger partial charge in [-0.3, -0.25) is 4.90 Å². The number of rotatable bonds is 6. The number of likely N-dealkylation sites (tertiary alicyclic amines) is 1. The molecule has 0 aromatic carbocycles. The number of nitrogens with one attached hydrogen (secondary N) is 1. The molecule has 0 saturated carbocycles. The van der Waals surface area contributed by atoms with E-state index in [1.165, 1.54) is 6.42 Å². The molecule has 8 heteroatoms.